The molecule has 4 fully saturated rings. The number of aliphatic carboxylic acids is 1. The maximum absolute atomic E-state index is 12.2. The molecule has 0 radical (unpaired) electrons. The van der Waals surface area contributed by atoms with Gasteiger partial charge in [-0.3, -0.25) is 14.4 Å². The number of rotatable bonds is 7. The molecular weight excluding hydrogens is 478 g/mol. The standard InChI is InChI=1S/C22H36O.C10H19NO4/c1-14-9-11-21(3)16(13-14)5-6-17-19-8-7-18(15(2)23)22(19,4)12-10-20(17)21;1-10(2,7-8(12)13)9(14)15-6-5-11(3)4/h14,16-20H,5-13H2,1-4H3;5-7H2,1-4H3,(H,12,13). The molecule has 0 heterocycles. The zero-order valence-electron chi connectivity index (χ0n) is 25.5. The van der Waals surface area contributed by atoms with Gasteiger partial charge in [-0.05, 0) is 127 Å². The summed E-state index contributed by atoms with van der Waals surface area (Å²) in [7, 11) is 3.74. The first-order valence-corrected chi connectivity index (χ1v) is 15.2. The van der Waals surface area contributed by atoms with Crippen molar-refractivity contribution in [3.05, 3.63) is 0 Å². The second-order valence-corrected chi connectivity index (χ2v) is 14.7. The molecule has 0 aromatic rings. The van der Waals surface area contributed by atoms with E-state index in [2.05, 4.69) is 20.8 Å². The molecule has 8 unspecified atom stereocenters. The van der Waals surface area contributed by atoms with Crippen LogP contribution < -0.4 is 0 Å². The number of ether oxygens (including phenoxy) is 1. The van der Waals surface area contributed by atoms with Crippen molar-refractivity contribution in [3.63, 3.8) is 0 Å². The molecule has 4 aliphatic rings. The van der Waals surface area contributed by atoms with Crippen molar-refractivity contribution in [1.82, 2.24) is 4.90 Å². The Bertz CT molecular complexity index is 868. The maximum Gasteiger partial charge on any atom is 0.312 e. The Kier molecular flexibility index (Phi) is 9.80. The highest BCUT2D eigenvalue weighted by molar-refractivity contribution is 5.82. The van der Waals surface area contributed by atoms with Crippen molar-refractivity contribution in [2.24, 2.45) is 51.8 Å². The Morgan fingerprint density at radius 1 is 0.947 bits per heavy atom. The summed E-state index contributed by atoms with van der Waals surface area (Å²) in [4.78, 5) is 36.0. The van der Waals surface area contributed by atoms with Crippen molar-refractivity contribution >= 4 is 17.7 Å². The number of likely N-dealkylation sites (N-methyl/N-ethyl adjacent to an activating group) is 1. The smallest absolute Gasteiger partial charge is 0.312 e. The van der Waals surface area contributed by atoms with Crippen molar-refractivity contribution in [1.29, 1.82) is 0 Å². The van der Waals surface area contributed by atoms with Gasteiger partial charge < -0.3 is 14.7 Å². The number of carboxylic acids is 1. The molecule has 0 amide bonds. The van der Waals surface area contributed by atoms with Crippen molar-refractivity contribution in [3.8, 4) is 0 Å². The minimum Gasteiger partial charge on any atom is -0.481 e. The second kappa shape index (κ2) is 12.0. The number of hydrogen-bond donors (Lipinski definition) is 1. The zero-order chi connectivity index (χ0) is 28.5. The fraction of sp³-hybridized carbons (Fsp3) is 0.906. The third-order valence-corrected chi connectivity index (χ3v) is 11.3. The SMILES string of the molecule is CC(=O)C1CCC2C3CCC4CC(C)CCC4(C)C3CCC12C.CN(C)CCOC(=O)C(C)(C)CC(=O)O. The average molecular weight is 534 g/mol. The molecule has 6 nitrogen and oxygen atoms in total. The van der Waals surface area contributed by atoms with Gasteiger partial charge in [-0.2, -0.15) is 0 Å². The molecule has 4 saturated carbocycles. The van der Waals surface area contributed by atoms with E-state index < -0.39 is 17.4 Å². The zero-order valence-corrected chi connectivity index (χ0v) is 25.5. The van der Waals surface area contributed by atoms with Gasteiger partial charge in [-0.1, -0.05) is 27.2 Å². The van der Waals surface area contributed by atoms with E-state index in [1.165, 1.54) is 57.8 Å². The van der Waals surface area contributed by atoms with E-state index in [9.17, 15) is 14.4 Å². The van der Waals surface area contributed by atoms with E-state index in [0.29, 0.717) is 29.1 Å². The third-order valence-electron chi connectivity index (χ3n) is 11.3. The Hall–Kier alpha value is -1.43. The summed E-state index contributed by atoms with van der Waals surface area (Å²) in [6.45, 7) is 13.5. The number of Topliss-reactive ketones (excluding diaryl/α,β-unsaturated/α-hetero) is 1. The van der Waals surface area contributed by atoms with Crippen LogP contribution in [0.25, 0.3) is 0 Å². The van der Waals surface area contributed by atoms with E-state index in [0.717, 1.165) is 29.6 Å². The number of carbonyl (C=O) groups excluding carboxylic acids is 2. The Labute approximate surface area is 231 Å². The summed E-state index contributed by atoms with van der Waals surface area (Å²) >= 11 is 0. The molecule has 4 aliphatic carbocycles. The molecule has 4 rings (SSSR count). The topological polar surface area (TPSA) is 83.9 Å². The minimum atomic E-state index is -0.996. The summed E-state index contributed by atoms with van der Waals surface area (Å²) in [5.74, 6) is 4.04. The van der Waals surface area contributed by atoms with Crippen LogP contribution in [0.5, 0.6) is 0 Å². The van der Waals surface area contributed by atoms with Gasteiger partial charge >= 0.3 is 11.9 Å². The summed E-state index contributed by atoms with van der Waals surface area (Å²) < 4.78 is 4.97. The Morgan fingerprint density at radius 2 is 1.58 bits per heavy atom. The van der Waals surface area contributed by atoms with Crippen molar-refractivity contribution < 1.29 is 24.2 Å². The first-order chi connectivity index (χ1) is 17.6. The summed E-state index contributed by atoms with van der Waals surface area (Å²) in [5.41, 5.74) is -0.0125. The summed E-state index contributed by atoms with van der Waals surface area (Å²) in [5, 5.41) is 8.60. The normalized spacial score (nSPS) is 38.2. The van der Waals surface area contributed by atoms with Gasteiger partial charge in [-0.25, -0.2) is 0 Å². The number of esters is 1. The molecule has 1 N–H and O–H groups in total. The molecule has 8 atom stereocenters. The quantitative estimate of drug-likeness (QED) is 0.378. The van der Waals surface area contributed by atoms with Crippen LogP contribution in [-0.2, 0) is 19.1 Å². The van der Waals surface area contributed by atoms with Crippen LogP contribution in [0.1, 0.15) is 106 Å². The highest BCUT2D eigenvalue weighted by atomic mass is 16.5. The lowest BCUT2D eigenvalue weighted by Crippen LogP contribution is -2.53. The van der Waals surface area contributed by atoms with E-state index in [4.69, 9.17) is 9.84 Å². The van der Waals surface area contributed by atoms with Gasteiger partial charge in [0.1, 0.15) is 12.4 Å². The van der Waals surface area contributed by atoms with E-state index in [1.807, 2.05) is 25.9 Å². The average Bonchev–Trinajstić information content (AvgIpc) is 3.16. The lowest BCUT2D eigenvalue weighted by molar-refractivity contribution is -0.159. The Balaban J connectivity index is 0.000000234. The lowest BCUT2D eigenvalue weighted by atomic mass is 9.44. The fourth-order valence-corrected chi connectivity index (χ4v) is 9.11. The molecule has 38 heavy (non-hydrogen) atoms. The number of carbonyl (C=O) groups is 3. The van der Waals surface area contributed by atoms with Gasteiger partial charge in [0.05, 0.1) is 11.8 Å². The van der Waals surface area contributed by atoms with Crippen LogP contribution >= 0.6 is 0 Å². The summed E-state index contributed by atoms with van der Waals surface area (Å²) in [6, 6.07) is 0. The predicted octanol–water partition coefficient (Wildman–Crippen LogP) is 6.46. The molecule has 0 bridgehead atoms. The number of hydrogen-bond acceptors (Lipinski definition) is 5. The van der Waals surface area contributed by atoms with Crippen molar-refractivity contribution in [2.45, 2.75) is 106 Å². The number of nitrogens with zero attached hydrogens (tertiary/aromatic N) is 1. The van der Waals surface area contributed by atoms with Gasteiger partial charge in [-0.15, -0.1) is 0 Å². The first kappa shape index (κ1) is 31.1. The number of fused-ring (bicyclic) bond motifs is 5. The summed E-state index contributed by atoms with van der Waals surface area (Å²) in [6.07, 6.45) is 12.4. The monoisotopic (exact) mass is 533 g/mol. The van der Waals surface area contributed by atoms with Gasteiger partial charge in [0.15, 0.2) is 0 Å². The van der Waals surface area contributed by atoms with Gasteiger partial charge in [0.2, 0.25) is 0 Å². The predicted molar refractivity (Wildman–Crippen MR) is 151 cm³/mol. The van der Waals surface area contributed by atoms with Gasteiger partial charge in [0.25, 0.3) is 0 Å². The van der Waals surface area contributed by atoms with Crippen LogP contribution in [-0.4, -0.2) is 55.0 Å². The number of ketones is 1. The molecular formula is C32H55NO5. The minimum absolute atomic E-state index is 0.214. The lowest BCUT2D eigenvalue weighted by Gasteiger charge is -2.61. The molecule has 0 aromatic heterocycles. The molecule has 0 saturated heterocycles. The van der Waals surface area contributed by atoms with Crippen LogP contribution in [0.15, 0.2) is 0 Å². The fourth-order valence-electron chi connectivity index (χ4n) is 9.11. The first-order valence-electron chi connectivity index (χ1n) is 15.2. The van der Waals surface area contributed by atoms with Crippen LogP contribution in [0.3, 0.4) is 0 Å². The molecule has 0 aromatic carbocycles. The maximum atomic E-state index is 12.2. The van der Waals surface area contributed by atoms with Crippen LogP contribution in [0.2, 0.25) is 0 Å². The highest BCUT2D eigenvalue weighted by Gasteiger charge is 2.60. The second-order valence-electron chi connectivity index (χ2n) is 14.7. The van der Waals surface area contributed by atoms with Crippen LogP contribution in [0, 0.1) is 51.8 Å². The number of carboxylic acid groups (broad SMARTS) is 1. The van der Waals surface area contributed by atoms with E-state index in [1.54, 1.807) is 13.8 Å². The van der Waals surface area contributed by atoms with Crippen LogP contribution in [0.4, 0.5) is 0 Å². The highest BCUT2D eigenvalue weighted by Crippen LogP contribution is 2.67. The molecule has 0 aliphatic heterocycles. The van der Waals surface area contributed by atoms with Crippen molar-refractivity contribution in [2.75, 3.05) is 27.2 Å². The van der Waals surface area contributed by atoms with E-state index >= 15 is 0 Å². The molecule has 218 valence electrons. The largest absolute Gasteiger partial charge is 0.481 e. The third kappa shape index (κ3) is 6.47. The Morgan fingerprint density at radius 3 is 2.18 bits per heavy atom. The molecule has 6 heteroatoms. The van der Waals surface area contributed by atoms with E-state index in [-0.39, 0.29) is 13.0 Å². The van der Waals surface area contributed by atoms with Gasteiger partial charge in [0, 0.05) is 12.5 Å². The molecule has 0 spiro atoms.